The first-order valence-electron chi connectivity index (χ1n) is 10.3. The number of hydrogen-bond donors (Lipinski definition) is 2. The van der Waals surface area contributed by atoms with Crippen molar-refractivity contribution in [3.05, 3.63) is 46.0 Å². The summed E-state index contributed by atoms with van der Waals surface area (Å²) in [5.41, 5.74) is 1.62. The largest absolute Gasteiger partial charge is 0.356 e. The van der Waals surface area contributed by atoms with E-state index in [0.29, 0.717) is 0 Å². The summed E-state index contributed by atoms with van der Waals surface area (Å²) in [6, 6.07) is 8.55. The highest BCUT2D eigenvalue weighted by molar-refractivity contribution is 14.0. The van der Waals surface area contributed by atoms with Crippen LogP contribution in [0.5, 0.6) is 0 Å². The zero-order chi connectivity index (χ0) is 19.4. The second-order valence-corrected chi connectivity index (χ2v) is 8.71. The number of guanidine groups is 1. The number of aryl methyl sites for hydroxylation is 1. The second kappa shape index (κ2) is 10.2. The number of halogens is 2. The average Bonchev–Trinajstić information content (AvgIpc) is 3.46. The van der Waals surface area contributed by atoms with Crippen molar-refractivity contribution in [2.75, 3.05) is 20.1 Å². The predicted octanol–water partition coefficient (Wildman–Crippen LogP) is 3.82. The van der Waals surface area contributed by atoms with Crippen LogP contribution in [-0.2, 0) is 24.8 Å². The highest BCUT2D eigenvalue weighted by Gasteiger charge is 2.45. The van der Waals surface area contributed by atoms with Crippen LogP contribution in [0.4, 0.5) is 0 Å². The molecule has 2 aliphatic rings. The van der Waals surface area contributed by atoms with Crippen LogP contribution < -0.4 is 10.6 Å². The van der Waals surface area contributed by atoms with Crippen LogP contribution in [-0.4, -0.2) is 40.9 Å². The van der Waals surface area contributed by atoms with Crippen LogP contribution in [0, 0.1) is 0 Å². The average molecular weight is 573 g/mol. The number of rotatable bonds is 6. The minimum Gasteiger partial charge on any atom is -0.356 e. The standard InChI is InChI=1S/C21H29BrN6.HI/c1-23-20(25-15-21(11-12-21)16-7-4-5-8-17(16)22)24-13-10-19-27-26-18-9-3-2-6-14-28(18)19;/h4-5,7-8H,2-3,6,9-15H2,1H3,(H2,23,24,25);1H. The van der Waals surface area contributed by atoms with Gasteiger partial charge in [-0.2, -0.15) is 0 Å². The molecule has 1 aromatic heterocycles. The van der Waals surface area contributed by atoms with E-state index >= 15 is 0 Å². The topological polar surface area (TPSA) is 67.1 Å². The Balaban J connectivity index is 0.00000240. The molecule has 8 heteroatoms. The summed E-state index contributed by atoms with van der Waals surface area (Å²) in [6.07, 6.45) is 8.09. The Morgan fingerprint density at radius 1 is 1.17 bits per heavy atom. The molecule has 1 aromatic carbocycles. The molecular weight excluding hydrogens is 543 g/mol. The number of nitrogens with one attached hydrogen (secondary N) is 2. The Morgan fingerprint density at radius 2 is 2.00 bits per heavy atom. The number of fused-ring (bicyclic) bond motifs is 1. The molecule has 29 heavy (non-hydrogen) atoms. The number of benzene rings is 1. The van der Waals surface area contributed by atoms with Crippen molar-refractivity contribution in [3.63, 3.8) is 0 Å². The van der Waals surface area contributed by atoms with Crippen molar-refractivity contribution >= 4 is 45.9 Å². The van der Waals surface area contributed by atoms with Gasteiger partial charge in [-0.05, 0) is 37.3 Å². The predicted molar refractivity (Wildman–Crippen MR) is 131 cm³/mol. The van der Waals surface area contributed by atoms with E-state index in [0.717, 1.165) is 50.1 Å². The Bertz CT molecular complexity index is 845. The van der Waals surface area contributed by atoms with Crippen LogP contribution >= 0.6 is 39.9 Å². The van der Waals surface area contributed by atoms with E-state index in [2.05, 4.69) is 70.6 Å². The number of aromatic nitrogens is 3. The lowest BCUT2D eigenvalue weighted by atomic mass is 9.96. The molecule has 1 aliphatic carbocycles. The van der Waals surface area contributed by atoms with Gasteiger partial charge in [0.15, 0.2) is 5.96 Å². The van der Waals surface area contributed by atoms with Gasteiger partial charge in [0.1, 0.15) is 11.6 Å². The van der Waals surface area contributed by atoms with E-state index in [-0.39, 0.29) is 29.4 Å². The number of hydrogen-bond acceptors (Lipinski definition) is 3. The van der Waals surface area contributed by atoms with E-state index in [9.17, 15) is 0 Å². The molecule has 1 saturated carbocycles. The SMILES string of the molecule is CN=C(NCCc1nnc2n1CCCCC2)NCC1(c2ccccc2Br)CC1.I. The van der Waals surface area contributed by atoms with Crippen LogP contribution in [0.3, 0.4) is 0 Å². The molecule has 0 amide bonds. The summed E-state index contributed by atoms with van der Waals surface area (Å²) in [5.74, 6) is 3.10. The van der Waals surface area contributed by atoms with Crippen LogP contribution in [0.2, 0.25) is 0 Å². The molecule has 4 rings (SSSR count). The van der Waals surface area contributed by atoms with Crippen LogP contribution in [0.15, 0.2) is 33.7 Å². The van der Waals surface area contributed by atoms with E-state index in [1.165, 1.54) is 42.1 Å². The molecule has 0 spiro atoms. The van der Waals surface area contributed by atoms with Gasteiger partial charge < -0.3 is 15.2 Å². The van der Waals surface area contributed by atoms with E-state index in [1.54, 1.807) is 0 Å². The molecule has 158 valence electrons. The van der Waals surface area contributed by atoms with E-state index < -0.39 is 0 Å². The highest BCUT2D eigenvalue weighted by atomic mass is 127. The minimum atomic E-state index is 0. The molecule has 6 nitrogen and oxygen atoms in total. The Hall–Kier alpha value is -1.16. The number of nitrogens with zero attached hydrogens (tertiary/aromatic N) is 4. The third-order valence-electron chi connectivity index (χ3n) is 5.94. The van der Waals surface area contributed by atoms with Crippen molar-refractivity contribution in [2.45, 2.75) is 56.9 Å². The van der Waals surface area contributed by atoms with Gasteiger partial charge in [-0.1, -0.05) is 40.5 Å². The summed E-state index contributed by atoms with van der Waals surface area (Å²) in [5, 5.41) is 15.8. The lowest BCUT2D eigenvalue weighted by Gasteiger charge is -2.20. The van der Waals surface area contributed by atoms with E-state index in [4.69, 9.17) is 0 Å². The third-order valence-corrected chi connectivity index (χ3v) is 6.64. The van der Waals surface area contributed by atoms with Crippen LogP contribution in [0.1, 0.15) is 49.3 Å². The van der Waals surface area contributed by atoms with Crippen molar-refractivity contribution in [1.82, 2.24) is 25.4 Å². The highest BCUT2D eigenvalue weighted by Crippen LogP contribution is 2.49. The molecule has 0 radical (unpaired) electrons. The van der Waals surface area contributed by atoms with Crippen molar-refractivity contribution in [2.24, 2.45) is 4.99 Å². The zero-order valence-corrected chi connectivity index (χ0v) is 20.9. The fourth-order valence-electron chi connectivity index (χ4n) is 4.08. The third kappa shape index (κ3) is 5.31. The van der Waals surface area contributed by atoms with Crippen molar-refractivity contribution < 1.29 is 0 Å². The maximum atomic E-state index is 4.41. The lowest BCUT2D eigenvalue weighted by Crippen LogP contribution is -2.42. The first-order chi connectivity index (χ1) is 13.7. The van der Waals surface area contributed by atoms with Gasteiger partial charge in [-0.25, -0.2) is 0 Å². The van der Waals surface area contributed by atoms with Gasteiger partial charge in [0.25, 0.3) is 0 Å². The molecular formula is C21H30BrIN6. The van der Waals surface area contributed by atoms with E-state index in [1.807, 2.05) is 7.05 Å². The van der Waals surface area contributed by atoms with Crippen LogP contribution in [0.25, 0.3) is 0 Å². The smallest absolute Gasteiger partial charge is 0.191 e. The van der Waals surface area contributed by atoms with Gasteiger partial charge in [0.2, 0.25) is 0 Å². The molecule has 1 fully saturated rings. The first kappa shape index (κ1) is 22.5. The molecule has 0 bridgehead atoms. The van der Waals surface area contributed by atoms with Gasteiger partial charge in [0, 0.05) is 49.4 Å². The normalized spacial score (nSPS) is 17.7. The Kier molecular flexibility index (Phi) is 7.95. The monoisotopic (exact) mass is 572 g/mol. The Morgan fingerprint density at radius 3 is 2.76 bits per heavy atom. The van der Waals surface area contributed by atoms with Crippen molar-refractivity contribution in [3.8, 4) is 0 Å². The maximum Gasteiger partial charge on any atom is 0.191 e. The molecule has 0 atom stereocenters. The van der Waals surface area contributed by atoms with Gasteiger partial charge in [0.05, 0.1) is 0 Å². The fraction of sp³-hybridized carbons (Fsp3) is 0.571. The van der Waals surface area contributed by atoms with Gasteiger partial charge in [-0.15, -0.1) is 34.2 Å². The zero-order valence-electron chi connectivity index (χ0n) is 17.0. The summed E-state index contributed by atoms with van der Waals surface area (Å²) in [7, 11) is 1.83. The summed E-state index contributed by atoms with van der Waals surface area (Å²) in [4.78, 5) is 4.40. The molecule has 1 aliphatic heterocycles. The van der Waals surface area contributed by atoms with Crippen molar-refractivity contribution in [1.29, 1.82) is 0 Å². The molecule has 2 heterocycles. The summed E-state index contributed by atoms with van der Waals surface area (Å²) < 4.78 is 3.52. The molecule has 0 unspecified atom stereocenters. The number of aliphatic imine (C=N–C) groups is 1. The molecule has 2 aromatic rings. The fourth-order valence-corrected chi connectivity index (χ4v) is 4.79. The van der Waals surface area contributed by atoms with Gasteiger partial charge >= 0.3 is 0 Å². The lowest BCUT2D eigenvalue weighted by molar-refractivity contribution is 0.598. The molecule has 2 N–H and O–H groups in total. The Labute approximate surface area is 198 Å². The maximum absolute atomic E-state index is 4.41. The summed E-state index contributed by atoms with van der Waals surface area (Å²) in [6.45, 7) is 2.76. The van der Waals surface area contributed by atoms with Gasteiger partial charge in [-0.3, -0.25) is 4.99 Å². The summed E-state index contributed by atoms with van der Waals surface area (Å²) >= 11 is 3.71. The first-order valence-corrected chi connectivity index (χ1v) is 11.1. The minimum absolute atomic E-state index is 0. The molecule has 0 saturated heterocycles. The second-order valence-electron chi connectivity index (χ2n) is 7.86. The quantitative estimate of drug-likeness (QED) is 0.314.